The van der Waals surface area contributed by atoms with Crippen LogP contribution in [0.4, 0.5) is 18.9 Å². The van der Waals surface area contributed by atoms with Crippen LogP contribution < -0.4 is 5.73 Å². The first-order valence-electron chi connectivity index (χ1n) is 5.08. The Hall–Kier alpha value is -1.27. The Kier molecular flexibility index (Phi) is 3.73. The molecule has 0 saturated carbocycles. The highest BCUT2D eigenvalue weighted by Crippen LogP contribution is 2.41. The molecule has 0 aliphatic heterocycles. The first-order chi connectivity index (χ1) is 8.82. The fourth-order valence-corrected chi connectivity index (χ4v) is 2.12. The van der Waals surface area contributed by atoms with Gasteiger partial charge in [0.1, 0.15) is 5.15 Å². The van der Waals surface area contributed by atoms with Gasteiger partial charge in [0.15, 0.2) is 0 Å². The molecule has 2 aromatic rings. The summed E-state index contributed by atoms with van der Waals surface area (Å²) in [5.74, 6) is 0. The highest BCUT2D eigenvalue weighted by atomic mass is 79.9. The molecule has 1 aromatic heterocycles. The Labute approximate surface area is 120 Å². The van der Waals surface area contributed by atoms with Crippen LogP contribution in [0.3, 0.4) is 0 Å². The van der Waals surface area contributed by atoms with Crippen LogP contribution >= 0.6 is 27.5 Å². The van der Waals surface area contributed by atoms with E-state index in [1.807, 2.05) is 0 Å². The fourth-order valence-electron chi connectivity index (χ4n) is 1.66. The number of rotatable bonds is 1. The van der Waals surface area contributed by atoms with Gasteiger partial charge in [0.05, 0.1) is 15.7 Å². The summed E-state index contributed by atoms with van der Waals surface area (Å²) in [4.78, 5) is 3.81. The van der Waals surface area contributed by atoms with Crippen LogP contribution in [-0.2, 0) is 6.18 Å². The second kappa shape index (κ2) is 5.02. The Morgan fingerprint density at radius 1 is 1.16 bits per heavy atom. The van der Waals surface area contributed by atoms with Gasteiger partial charge in [-0.15, -0.1) is 0 Å². The highest BCUT2D eigenvalue weighted by Gasteiger charge is 2.33. The molecule has 100 valence electrons. The average Bonchev–Trinajstić information content (AvgIpc) is 2.35. The number of benzene rings is 1. The lowest BCUT2D eigenvalue weighted by Crippen LogP contribution is -2.08. The van der Waals surface area contributed by atoms with E-state index in [2.05, 4.69) is 20.9 Å². The molecule has 0 saturated heterocycles. The van der Waals surface area contributed by atoms with E-state index < -0.39 is 11.7 Å². The van der Waals surface area contributed by atoms with E-state index in [0.717, 1.165) is 6.07 Å². The standard InChI is InChI=1S/C12H7BrClF3N2/c13-9-10(18)7(5-19-11(9)14)6-3-1-2-4-8(6)12(15,16)17/h1-5H,(H2,18,19). The van der Waals surface area contributed by atoms with Crippen LogP contribution in [-0.4, -0.2) is 4.98 Å². The van der Waals surface area contributed by atoms with Gasteiger partial charge >= 0.3 is 6.18 Å². The second-order valence-electron chi connectivity index (χ2n) is 3.73. The van der Waals surface area contributed by atoms with Gasteiger partial charge in [-0.2, -0.15) is 13.2 Å². The molecule has 19 heavy (non-hydrogen) atoms. The van der Waals surface area contributed by atoms with Crippen LogP contribution in [0.2, 0.25) is 5.15 Å². The highest BCUT2D eigenvalue weighted by molar-refractivity contribution is 9.10. The summed E-state index contributed by atoms with van der Waals surface area (Å²) < 4.78 is 39.1. The normalized spacial score (nSPS) is 11.6. The van der Waals surface area contributed by atoms with Gasteiger partial charge in [-0.3, -0.25) is 0 Å². The predicted octanol–water partition coefficient (Wildman–Crippen LogP) is 4.77. The first kappa shape index (κ1) is 14.1. The predicted molar refractivity (Wildman–Crippen MR) is 71.8 cm³/mol. The summed E-state index contributed by atoms with van der Waals surface area (Å²) >= 11 is 8.84. The Balaban J connectivity index is 2.70. The van der Waals surface area contributed by atoms with E-state index in [9.17, 15) is 13.2 Å². The molecule has 7 heteroatoms. The number of aromatic nitrogens is 1. The largest absolute Gasteiger partial charge is 0.417 e. The van der Waals surface area contributed by atoms with E-state index in [4.69, 9.17) is 17.3 Å². The molecule has 0 aliphatic carbocycles. The maximum Gasteiger partial charge on any atom is 0.417 e. The number of anilines is 1. The maximum absolute atomic E-state index is 12.9. The van der Waals surface area contributed by atoms with Crippen molar-refractivity contribution in [3.05, 3.63) is 45.7 Å². The van der Waals surface area contributed by atoms with Crippen LogP contribution in [0.5, 0.6) is 0 Å². The zero-order chi connectivity index (χ0) is 14.2. The first-order valence-corrected chi connectivity index (χ1v) is 6.25. The number of hydrogen-bond donors (Lipinski definition) is 1. The number of nitrogen functional groups attached to an aromatic ring is 1. The van der Waals surface area contributed by atoms with Gasteiger partial charge in [0, 0.05) is 11.8 Å². The molecule has 0 amide bonds. The Bertz CT molecular complexity index is 629. The smallest absolute Gasteiger partial charge is 0.397 e. The summed E-state index contributed by atoms with van der Waals surface area (Å²) in [6.07, 6.45) is -3.23. The molecule has 0 radical (unpaired) electrons. The maximum atomic E-state index is 12.9. The van der Waals surface area contributed by atoms with Crippen molar-refractivity contribution in [2.24, 2.45) is 0 Å². The average molecular weight is 352 g/mol. The van der Waals surface area contributed by atoms with Crippen molar-refractivity contribution in [3.63, 3.8) is 0 Å². The summed E-state index contributed by atoms with van der Waals surface area (Å²) in [6, 6.07) is 5.17. The third kappa shape index (κ3) is 2.69. The molecule has 2 N–H and O–H groups in total. The van der Waals surface area contributed by atoms with Crippen LogP contribution in [0.25, 0.3) is 11.1 Å². The Morgan fingerprint density at radius 2 is 1.79 bits per heavy atom. The zero-order valence-corrected chi connectivity index (χ0v) is 11.6. The van der Waals surface area contributed by atoms with E-state index in [1.165, 1.54) is 24.4 Å². The van der Waals surface area contributed by atoms with E-state index in [1.54, 1.807) is 0 Å². The van der Waals surface area contributed by atoms with E-state index in [0.29, 0.717) is 0 Å². The van der Waals surface area contributed by atoms with Crippen molar-refractivity contribution in [2.45, 2.75) is 6.18 Å². The quantitative estimate of drug-likeness (QED) is 0.752. The van der Waals surface area contributed by atoms with Crippen LogP contribution in [0.1, 0.15) is 5.56 Å². The summed E-state index contributed by atoms with van der Waals surface area (Å²) in [7, 11) is 0. The number of halogens is 5. The monoisotopic (exact) mass is 350 g/mol. The summed E-state index contributed by atoms with van der Waals surface area (Å²) in [5, 5.41) is 0.103. The molecule has 0 fully saturated rings. The van der Waals surface area contributed by atoms with Crippen molar-refractivity contribution >= 4 is 33.2 Å². The van der Waals surface area contributed by atoms with Crippen molar-refractivity contribution in [2.75, 3.05) is 5.73 Å². The van der Waals surface area contributed by atoms with Crippen LogP contribution in [0, 0.1) is 0 Å². The molecular formula is C12H7BrClF3N2. The van der Waals surface area contributed by atoms with Crippen molar-refractivity contribution in [3.8, 4) is 11.1 Å². The minimum Gasteiger partial charge on any atom is -0.397 e. The van der Waals surface area contributed by atoms with Crippen molar-refractivity contribution in [1.82, 2.24) is 4.98 Å². The summed E-state index contributed by atoms with van der Waals surface area (Å²) in [5.41, 5.74) is 5.30. The van der Waals surface area contributed by atoms with Crippen molar-refractivity contribution < 1.29 is 13.2 Å². The molecule has 1 aromatic carbocycles. The lowest BCUT2D eigenvalue weighted by Gasteiger charge is -2.14. The third-order valence-electron chi connectivity index (χ3n) is 2.54. The molecule has 2 rings (SSSR count). The summed E-state index contributed by atoms with van der Waals surface area (Å²) in [6.45, 7) is 0. The van der Waals surface area contributed by atoms with Gasteiger partial charge in [0.25, 0.3) is 0 Å². The number of nitrogens with two attached hydrogens (primary N) is 1. The SMILES string of the molecule is Nc1c(-c2ccccc2C(F)(F)F)cnc(Cl)c1Br. The van der Waals surface area contributed by atoms with Gasteiger partial charge in [0.2, 0.25) is 0 Å². The van der Waals surface area contributed by atoms with Gasteiger partial charge in [-0.25, -0.2) is 4.98 Å². The van der Waals surface area contributed by atoms with Gasteiger partial charge in [-0.05, 0) is 27.6 Å². The molecule has 0 bridgehead atoms. The molecule has 0 atom stereocenters. The van der Waals surface area contributed by atoms with Gasteiger partial charge < -0.3 is 5.73 Å². The van der Waals surface area contributed by atoms with E-state index >= 15 is 0 Å². The molecule has 1 heterocycles. The number of alkyl halides is 3. The second-order valence-corrected chi connectivity index (χ2v) is 4.88. The Morgan fingerprint density at radius 3 is 2.42 bits per heavy atom. The number of nitrogens with zero attached hydrogens (tertiary/aromatic N) is 1. The number of hydrogen-bond acceptors (Lipinski definition) is 2. The van der Waals surface area contributed by atoms with Gasteiger partial charge in [-0.1, -0.05) is 29.8 Å². The zero-order valence-electron chi connectivity index (χ0n) is 9.30. The van der Waals surface area contributed by atoms with E-state index in [-0.39, 0.29) is 26.4 Å². The minimum atomic E-state index is -4.46. The third-order valence-corrected chi connectivity index (χ3v) is 3.85. The molecule has 0 spiro atoms. The lowest BCUT2D eigenvalue weighted by molar-refractivity contribution is -0.137. The molecule has 2 nitrogen and oxygen atoms in total. The minimum absolute atomic E-state index is 0.0302. The molecule has 0 aliphatic rings. The van der Waals surface area contributed by atoms with Crippen LogP contribution in [0.15, 0.2) is 34.9 Å². The lowest BCUT2D eigenvalue weighted by atomic mass is 9.99. The fraction of sp³-hybridized carbons (Fsp3) is 0.0833. The van der Waals surface area contributed by atoms with Crippen molar-refractivity contribution in [1.29, 1.82) is 0 Å². The molecule has 0 unspecified atom stereocenters. The number of pyridine rings is 1. The topological polar surface area (TPSA) is 38.9 Å². The molecular weight excluding hydrogens is 344 g/mol.